The zero-order valence-electron chi connectivity index (χ0n) is 9.64. The average Bonchev–Trinajstić information content (AvgIpc) is 2.30. The smallest absolute Gasteiger partial charge is 0.115 e. The number of rotatable bonds is 2. The van der Waals surface area contributed by atoms with Crippen LogP contribution in [0.4, 0.5) is 0 Å². The molecule has 2 aromatic carbocycles. The second-order valence-electron chi connectivity index (χ2n) is 4.29. The van der Waals surface area contributed by atoms with Gasteiger partial charge in [-0.1, -0.05) is 50.2 Å². The van der Waals surface area contributed by atoms with Crippen LogP contribution in [0.25, 0.3) is 11.1 Å². The van der Waals surface area contributed by atoms with Crippen LogP contribution in [0.2, 0.25) is 0 Å². The lowest BCUT2D eigenvalue weighted by atomic mass is 9.92. The first kappa shape index (κ1) is 10.7. The SMILES string of the molecule is CC(C)c1cc(O)ccc1-c1ccccc1. The molecule has 0 saturated heterocycles. The van der Waals surface area contributed by atoms with Crippen molar-refractivity contribution in [1.29, 1.82) is 0 Å². The third kappa shape index (κ3) is 2.08. The molecular weight excluding hydrogens is 196 g/mol. The molecule has 0 bridgehead atoms. The van der Waals surface area contributed by atoms with E-state index in [0.717, 1.165) is 0 Å². The van der Waals surface area contributed by atoms with Crippen molar-refractivity contribution in [2.75, 3.05) is 0 Å². The number of phenolic OH excluding ortho intramolecular Hbond substituents is 1. The van der Waals surface area contributed by atoms with E-state index < -0.39 is 0 Å². The minimum atomic E-state index is 0.336. The van der Waals surface area contributed by atoms with Gasteiger partial charge in [0, 0.05) is 0 Å². The van der Waals surface area contributed by atoms with Crippen molar-refractivity contribution in [2.45, 2.75) is 19.8 Å². The second kappa shape index (κ2) is 4.40. The minimum Gasteiger partial charge on any atom is -0.508 e. The fraction of sp³-hybridized carbons (Fsp3) is 0.200. The molecule has 1 nitrogen and oxygen atoms in total. The van der Waals surface area contributed by atoms with Gasteiger partial charge < -0.3 is 5.11 Å². The second-order valence-corrected chi connectivity index (χ2v) is 4.29. The predicted molar refractivity (Wildman–Crippen MR) is 67.6 cm³/mol. The molecule has 0 aliphatic heterocycles. The summed E-state index contributed by atoms with van der Waals surface area (Å²) in [6.07, 6.45) is 0. The number of phenols is 1. The largest absolute Gasteiger partial charge is 0.508 e. The van der Waals surface area contributed by atoms with Gasteiger partial charge in [0.15, 0.2) is 0 Å². The van der Waals surface area contributed by atoms with Gasteiger partial charge >= 0.3 is 0 Å². The van der Waals surface area contributed by atoms with Gasteiger partial charge in [0.05, 0.1) is 0 Å². The van der Waals surface area contributed by atoms with Gasteiger partial charge in [-0.25, -0.2) is 0 Å². The highest BCUT2D eigenvalue weighted by Crippen LogP contribution is 2.31. The summed E-state index contributed by atoms with van der Waals surface area (Å²) in [5.41, 5.74) is 3.59. The van der Waals surface area contributed by atoms with Gasteiger partial charge in [0.1, 0.15) is 5.75 Å². The average molecular weight is 212 g/mol. The third-order valence-electron chi connectivity index (χ3n) is 2.74. The van der Waals surface area contributed by atoms with Crippen molar-refractivity contribution in [3.8, 4) is 16.9 Å². The van der Waals surface area contributed by atoms with Crippen LogP contribution in [0.15, 0.2) is 48.5 Å². The lowest BCUT2D eigenvalue weighted by Gasteiger charge is -2.13. The molecule has 0 atom stereocenters. The van der Waals surface area contributed by atoms with Gasteiger partial charge in [-0.15, -0.1) is 0 Å². The van der Waals surface area contributed by atoms with Crippen LogP contribution in [-0.2, 0) is 0 Å². The molecule has 0 spiro atoms. The maximum absolute atomic E-state index is 9.53. The van der Waals surface area contributed by atoms with E-state index in [4.69, 9.17) is 0 Å². The summed E-state index contributed by atoms with van der Waals surface area (Å²) in [5, 5.41) is 9.53. The van der Waals surface area contributed by atoms with Crippen LogP contribution in [0.3, 0.4) is 0 Å². The quantitative estimate of drug-likeness (QED) is 0.791. The van der Waals surface area contributed by atoms with E-state index in [-0.39, 0.29) is 0 Å². The fourth-order valence-corrected chi connectivity index (χ4v) is 1.91. The summed E-state index contributed by atoms with van der Waals surface area (Å²) in [6, 6.07) is 15.9. The van der Waals surface area contributed by atoms with Crippen LogP contribution < -0.4 is 0 Å². The third-order valence-corrected chi connectivity index (χ3v) is 2.74. The number of hydrogen-bond acceptors (Lipinski definition) is 1. The van der Waals surface area contributed by atoms with Gasteiger partial charge in [0.2, 0.25) is 0 Å². The van der Waals surface area contributed by atoms with Crippen molar-refractivity contribution < 1.29 is 5.11 Å². The standard InChI is InChI=1S/C15H16O/c1-11(2)15-10-13(16)8-9-14(15)12-6-4-3-5-7-12/h3-11,16H,1-2H3. The molecule has 0 fully saturated rings. The summed E-state index contributed by atoms with van der Waals surface area (Å²) < 4.78 is 0. The molecule has 2 aromatic rings. The molecule has 1 heteroatoms. The molecule has 0 radical (unpaired) electrons. The van der Waals surface area contributed by atoms with E-state index in [1.807, 2.05) is 30.3 Å². The molecule has 0 aliphatic rings. The number of aromatic hydroxyl groups is 1. The van der Waals surface area contributed by atoms with E-state index in [2.05, 4.69) is 26.0 Å². The van der Waals surface area contributed by atoms with Crippen molar-refractivity contribution in [3.05, 3.63) is 54.1 Å². The summed E-state index contributed by atoms with van der Waals surface area (Å²) in [7, 11) is 0. The Kier molecular flexibility index (Phi) is 2.95. The lowest BCUT2D eigenvalue weighted by molar-refractivity contribution is 0.474. The summed E-state index contributed by atoms with van der Waals surface area (Å²) >= 11 is 0. The van der Waals surface area contributed by atoms with Crippen LogP contribution in [0.5, 0.6) is 5.75 Å². The fourth-order valence-electron chi connectivity index (χ4n) is 1.91. The van der Waals surface area contributed by atoms with Gasteiger partial charge in [-0.2, -0.15) is 0 Å². The van der Waals surface area contributed by atoms with Gasteiger partial charge in [0.25, 0.3) is 0 Å². The zero-order chi connectivity index (χ0) is 11.5. The maximum Gasteiger partial charge on any atom is 0.115 e. The first-order valence-electron chi connectivity index (χ1n) is 5.57. The summed E-state index contributed by atoms with van der Waals surface area (Å²) in [6.45, 7) is 4.28. The van der Waals surface area contributed by atoms with Crippen LogP contribution in [0.1, 0.15) is 25.3 Å². The van der Waals surface area contributed by atoms with Gasteiger partial charge in [-0.3, -0.25) is 0 Å². The zero-order valence-corrected chi connectivity index (χ0v) is 9.64. The first-order valence-corrected chi connectivity index (χ1v) is 5.57. The van der Waals surface area contributed by atoms with Gasteiger partial charge in [-0.05, 0) is 34.7 Å². The van der Waals surface area contributed by atoms with Crippen LogP contribution in [-0.4, -0.2) is 5.11 Å². The Bertz CT molecular complexity index is 472. The van der Waals surface area contributed by atoms with Crippen molar-refractivity contribution in [3.63, 3.8) is 0 Å². The number of benzene rings is 2. The Morgan fingerprint density at radius 1 is 0.938 bits per heavy atom. The molecule has 0 aromatic heterocycles. The molecule has 16 heavy (non-hydrogen) atoms. The Morgan fingerprint density at radius 2 is 1.62 bits per heavy atom. The Balaban J connectivity index is 2.57. The molecule has 0 unspecified atom stereocenters. The van der Waals surface area contributed by atoms with E-state index >= 15 is 0 Å². The topological polar surface area (TPSA) is 20.2 Å². The Hall–Kier alpha value is -1.76. The van der Waals surface area contributed by atoms with E-state index in [1.165, 1.54) is 16.7 Å². The van der Waals surface area contributed by atoms with Crippen LogP contribution in [0, 0.1) is 0 Å². The highest BCUT2D eigenvalue weighted by Gasteiger charge is 2.08. The van der Waals surface area contributed by atoms with E-state index in [0.29, 0.717) is 11.7 Å². The molecule has 0 amide bonds. The normalized spacial score (nSPS) is 10.7. The van der Waals surface area contributed by atoms with E-state index in [9.17, 15) is 5.11 Å². The molecule has 0 saturated carbocycles. The van der Waals surface area contributed by atoms with Crippen LogP contribution >= 0.6 is 0 Å². The Morgan fingerprint density at radius 3 is 2.25 bits per heavy atom. The molecular formula is C15H16O. The first-order chi connectivity index (χ1) is 7.68. The molecule has 2 rings (SSSR count). The highest BCUT2D eigenvalue weighted by molar-refractivity contribution is 5.68. The summed E-state index contributed by atoms with van der Waals surface area (Å²) in [5.74, 6) is 0.741. The molecule has 0 heterocycles. The van der Waals surface area contributed by atoms with Crippen molar-refractivity contribution in [2.24, 2.45) is 0 Å². The van der Waals surface area contributed by atoms with Crippen molar-refractivity contribution >= 4 is 0 Å². The maximum atomic E-state index is 9.53. The Labute approximate surface area is 96.4 Å². The predicted octanol–water partition coefficient (Wildman–Crippen LogP) is 4.18. The molecule has 82 valence electrons. The minimum absolute atomic E-state index is 0.336. The molecule has 1 N–H and O–H groups in total. The lowest BCUT2D eigenvalue weighted by Crippen LogP contribution is -1.91. The monoisotopic (exact) mass is 212 g/mol. The van der Waals surface area contributed by atoms with Crippen molar-refractivity contribution in [1.82, 2.24) is 0 Å². The van der Waals surface area contributed by atoms with E-state index in [1.54, 1.807) is 6.07 Å². The summed E-state index contributed by atoms with van der Waals surface area (Å²) in [4.78, 5) is 0. The molecule has 0 aliphatic carbocycles. The highest BCUT2D eigenvalue weighted by atomic mass is 16.3. The number of hydrogen-bond donors (Lipinski definition) is 1.